The number of nitrogens with one attached hydrogen (secondary N) is 1. The maximum Gasteiger partial charge on any atom is 0.322 e. The number of urea groups is 1. The minimum Gasteiger partial charge on any atom is -0.495 e. The van der Waals surface area contributed by atoms with Crippen LogP contribution >= 0.6 is 0 Å². The minimum atomic E-state index is -0.915. The van der Waals surface area contributed by atoms with Crippen LogP contribution in [0.5, 0.6) is 5.75 Å². The molecule has 1 aromatic heterocycles. The van der Waals surface area contributed by atoms with Crippen molar-refractivity contribution in [3.8, 4) is 5.75 Å². The number of fused-ring (bicyclic) bond motifs is 2. The topological polar surface area (TPSA) is 74.7 Å². The molecule has 6 heteroatoms. The van der Waals surface area contributed by atoms with Gasteiger partial charge in [0.05, 0.1) is 18.4 Å². The summed E-state index contributed by atoms with van der Waals surface area (Å²) in [4.78, 5) is 18.9. The molecule has 0 spiro atoms. The minimum absolute atomic E-state index is 0.0219. The van der Waals surface area contributed by atoms with Crippen molar-refractivity contribution in [3.05, 3.63) is 54.4 Å². The number of hydrogen-bond acceptors (Lipinski definition) is 4. The SMILES string of the molecule is COc1ccccc1NC(=O)N1C2CCC1CC(O)(c1cccnc1)C2. The summed E-state index contributed by atoms with van der Waals surface area (Å²) < 4.78 is 5.31. The zero-order chi connectivity index (χ0) is 18.1. The Morgan fingerprint density at radius 1 is 1.23 bits per heavy atom. The third kappa shape index (κ3) is 2.90. The molecule has 26 heavy (non-hydrogen) atoms. The van der Waals surface area contributed by atoms with Gasteiger partial charge in [-0.3, -0.25) is 4.98 Å². The number of hydrogen-bond donors (Lipinski definition) is 2. The number of anilines is 1. The van der Waals surface area contributed by atoms with Gasteiger partial charge >= 0.3 is 6.03 Å². The van der Waals surface area contributed by atoms with Crippen molar-refractivity contribution >= 4 is 11.7 Å². The number of ether oxygens (including phenoxy) is 1. The highest BCUT2D eigenvalue weighted by Gasteiger charge is 2.50. The average Bonchev–Trinajstić information content (AvgIpc) is 2.95. The fraction of sp³-hybridized carbons (Fsp3) is 0.400. The number of methoxy groups -OCH3 is 1. The van der Waals surface area contributed by atoms with Crippen LogP contribution in [0.1, 0.15) is 31.2 Å². The Hall–Kier alpha value is -2.60. The number of para-hydroxylation sites is 2. The number of carbonyl (C=O) groups is 1. The van der Waals surface area contributed by atoms with Gasteiger partial charge in [0.2, 0.25) is 0 Å². The molecular formula is C20H23N3O3. The second-order valence-electron chi connectivity index (χ2n) is 7.10. The van der Waals surface area contributed by atoms with Gasteiger partial charge in [0, 0.05) is 42.9 Å². The van der Waals surface area contributed by atoms with Crippen LogP contribution in [0.4, 0.5) is 10.5 Å². The molecule has 2 atom stereocenters. The van der Waals surface area contributed by atoms with Crippen LogP contribution in [-0.2, 0) is 5.60 Å². The zero-order valence-corrected chi connectivity index (χ0v) is 14.8. The fourth-order valence-electron chi connectivity index (χ4n) is 4.36. The van der Waals surface area contributed by atoms with Crippen molar-refractivity contribution in [1.82, 2.24) is 9.88 Å². The van der Waals surface area contributed by atoms with Gasteiger partial charge < -0.3 is 20.1 Å². The Kier molecular flexibility index (Phi) is 4.28. The number of carbonyl (C=O) groups excluding carboxylic acids is 1. The Morgan fingerprint density at radius 3 is 2.62 bits per heavy atom. The third-order valence-corrected chi connectivity index (χ3v) is 5.55. The quantitative estimate of drug-likeness (QED) is 0.889. The standard InChI is InChI=1S/C20H23N3O3/c1-26-18-7-3-2-6-17(18)22-19(24)23-15-8-9-16(23)12-20(25,11-15)14-5-4-10-21-13-14/h2-7,10,13,15-16,25H,8-9,11-12H2,1H3,(H,22,24). The first-order valence-electron chi connectivity index (χ1n) is 8.96. The predicted molar refractivity (Wildman–Crippen MR) is 98.0 cm³/mol. The van der Waals surface area contributed by atoms with Crippen molar-refractivity contribution in [2.45, 2.75) is 43.4 Å². The Bertz CT molecular complexity index is 782. The van der Waals surface area contributed by atoms with E-state index in [1.165, 1.54) is 0 Å². The van der Waals surface area contributed by atoms with Crippen LogP contribution in [0.15, 0.2) is 48.8 Å². The van der Waals surface area contributed by atoms with Crippen LogP contribution < -0.4 is 10.1 Å². The molecule has 6 nitrogen and oxygen atoms in total. The van der Waals surface area contributed by atoms with Gasteiger partial charge in [-0.25, -0.2) is 4.79 Å². The van der Waals surface area contributed by atoms with E-state index < -0.39 is 5.60 Å². The van der Waals surface area contributed by atoms with E-state index in [-0.39, 0.29) is 18.1 Å². The molecule has 3 heterocycles. The van der Waals surface area contributed by atoms with E-state index in [2.05, 4.69) is 10.3 Å². The second-order valence-corrected chi connectivity index (χ2v) is 7.10. The molecule has 4 rings (SSSR count). The lowest BCUT2D eigenvalue weighted by molar-refractivity contribution is -0.0424. The van der Waals surface area contributed by atoms with Gasteiger partial charge in [-0.15, -0.1) is 0 Å². The highest BCUT2D eigenvalue weighted by atomic mass is 16.5. The first-order valence-corrected chi connectivity index (χ1v) is 8.96. The molecular weight excluding hydrogens is 330 g/mol. The van der Waals surface area contributed by atoms with Crippen molar-refractivity contribution < 1.29 is 14.6 Å². The van der Waals surface area contributed by atoms with Crippen LogP contribution in [0, 0.1) is 0 Å². The summed E-state index contributed by atoms with van der Waals surface area (Å²) in [5, 5.41) is 14.1. The molecule has 2 N–H and O–H groups in total. The van der Waals surface area contributed by atoms with Crippen LogP contribution in [0.2, 0.25) is 0 Å². The number of aromatic nitrogens is 1. The fourth-order valence-corrected chi connectivity index (χ4v) is 4.36. The number of aliphatic hydroxyl groups is 1. The smallest absolute Gasteiger partial charge is 0.322 e. The van der Waals surface area contributed by atoms with E-state index in [1.54, 1.807) is 19.5 Å². The summed E-state index contributed by atoms with van der Waals surface area (Å²) in [6.07, 6.45) is 6.32. The monoisotopic (exact) mass is 353 g/mol. The molecule has 2 aliphatic heterocycles. The molecule has 0 aliphatic carbocycles. The lowest BCUT2D eigenvalue weighted by atomic mass is 9.81. The molecule has 2 unspecified atom stereocenters. The van der Waals surface area contributed by atoms with E-state index in [0.717, 1.165) is 18.4 Å². The number of rotatable bonds is 3. The molecule has 1 aromatic carbocycles. The van der Waals surface area contributed by atoms with Crippen LogP contribution in [0.25, 0.3) is 0 Å². The van der Waals surface area contributed by atoms with Crippen molar-refractivity contribution in [2.75, 3.05) is 12.4 Å². The molecule has 2 amide bonds. The summed E-state index contributed by atoms with van der Waals surface area (Å²) in [5.41, 5.74) is 0.579. The van der Waals surface area contributed by atoms with Crippen molar-refractivity contribution in [2.24, 2.45) is 0 Å². The Balaban J connectivity index is 1.52. The maximum absolute atomic E-state index is 12.9. The summed E-state index contributed by atoms with van der Waals surface area (Å²) in [6, 6.07) is 11.1. The highest BCUT2D eigenvalue weighted by molar-refractivity contribution is 5.91. The van der Waals surface area contributed by atoms with Gasteiger partial charge in [0.15, 0.2) is 0 Å². The van der Waals surface area contributed by atoms with Gasteiger partial charge in [-0.05, 0) is 31.0 Å². The third-order valence-electron chi connectivity index (χ3n) is 5.55. The molecule has 0 radical (unpaired) electrons. The molecule has 2 aliphatic rings. The number of nitrogens with zero attached hydrogens (tertiary/aromatic N) is 2. The Labute approximate surface area is 152 Å². The van der Waals surface area contributed by atoms with Crippen molar-refractivity contribution in [1.29, 1.82) is 0 Å². The van der Waals surface area contributed by atoms with E-state index in [1.807, 2.05) is 41.3 Å². The lowest BCUT2D eigenvalue weighted by Gasteiger charge is -2.43. The molecule has 2 aromatic rings. The Morgan fingerprint density at radius 2 is 1.96 bits per heavy atom. The first-order chi connectivity index (χ1) is 12.6. The normalized spacial score (nSPS) is 27.2. The predicted octanol–water partition coefficient (Wildman–Crippen LogP) is 3.14. The number of amides is 2. The van der Waals surface area contributed by atoms with E-state index in [4.69, 9.17) is 4.74 Å². The molecule has 136 valence electrons. The number of pyridine rings is 1. The molecule has 0 saturated carbocycles. The lowest BCUT2D eigenvalue weighted by Crippen LogP contribution is -2.53. The molecule has 2 saturated heterocycles. The molecule has 2 bridgehead atoms. The summed E-state index contributed by atoms with van der Waals surface area (Å²) >= 11 is 0. The largest absolute Gasteiger partial charge is 0.495 e. The van der Waals surface area contributed by atoms with Crippen LogP contribution in [0.3, 0.4) is 0 Å². The second kappa shape index (κ2) is 6.61. The zero-order valence-electron chi connectivity index (χ0n) is 14.8. The van der Waals surface area contributed by atoms with Gasteiger partial charge in [-0.1, -0.05) is 18.2 Å². The summed E-state index contributed by atoms with van der Waals surface area (Å²) in [7, 11) is 1.59. The van der Waals surface area contributed by atoms with E-state index in [9.17, 15) is 9.90 Å². The van der Waals surface area contributed by atoms with Crippen molar-refractivity contribution in [3.63, 3.8) is 0 Å². The number of benzene rings is 1. The highest BCUT2D eigenvalue weighted by Crippen LogP contribution is 2.45. The molecule has 2 fully saturated rings. The number of piperidine rings is 1. The summed E-state index contributed by atoms with van der Waals surface area (Å²) in [5.74, 6) is 0.636. The van der Waals surface area contributed by atoms with E-state index >= 15 is 0 Å². The average molecular weight is 353 g/mol. The van der Waals surface area contributed by atoms with Gasteiger partial charge in [0.1, 0.15) is 5.75 Å². The van der Waals surface area contributed by atoms with Gasteiger partial charge in [-0.2, -0.15) is 0 Å². The van der Waals surface area contributed by atoms with E-state index in [0.29, 0.717) is 24.3 Å². The maximum atomic E-state index is 12.9. The first kappa shape index (κ1) is 16.8. The van der Waals surface area contributed by atoms with Crippen LogP contribution in [-0.4, -0.2) is 40.2 Å². The summed E-state index contributed by atoms with van der Waals surface area (Å²) in [6.45, 7) is 0. The van der Waals surface area contributed by atoms with Gasteiger partial charge in [0.25, 0.3) is 0 Å².